The van der Waals surface area contributed by atoms with E-state index in [1.54, 1.807) is 6.92 Å². The van der Waals surface area contributed by atoms with Crippen molar-refractivity contribution in [3.05, 3.63) is 59.4 Å². The minimum Gasteiger partial charge on any atom is -0.492 e. The summed E-state index contributed by atoms with van der Waals surface area (Å²) in [5.74, 6) is -0.702. The fourth-order valence-electron chi connectivity index (χ4n) is 2.56. The lowest BCUT2D eigenvalue weighted by Crippen LogP contribution is -2.29. The molecule has 1 unspecified atom stereocenters. The lowest BCUT2D eigenvalue weighted by Gasteiger charge is -2.19. The highest BCUT2D eigenvalue weighted by molar-refractivity contribution is 5.93. The van der Waals surface area contributed by atoms with E-state index < -0.39 is 11.9 Å². The maximum atomic E-state index is 13.4. The Kier molecular flexibility index (Phi) is 6.72. The number of hydrogen-bond acceptors (Lipinski definition) is 3. The number of nitrogens with one attached hydrogen (secondary N) is 2. The van der Waals surface area contributed by atoms with Crippen LogP contribution in [0.25, 0.3) is 0 Å². The van der Waals surface area contributed by atoms with Crippen LogP contribution in [0.5, 0.6) is 5.75 Å². The molecule has 2 aromatic rings. The molecule has 0 bridgehead atoms. The Hall–Kier alpha value is -2.89. The lowest BCUT2D eigenvalue weighted by atomic mass is 10.0. The molecule has 0 fully saturated rings. The van der Waals surface area contributed by atoms with Gasteiger partial charge < -0.3 is 15.4 Å². The van der Waals surface area contributed by atoms with Crippen molar-refractivity contribution < 1.29 is 18.7 Å². The molecule has 0 aliphatic rings. The van der Waals surface area contributed by atoms with Gasteiger partial charge in [-0.25, -0.2) is 4.39 Å². The lowest BCUT2D eigenvalue weighted by molar-refractivity contribution is -0.120. The molecule has 138 valence electrons. The maximum Gasteiger partial charge on any atom is 0.226 e. The second-order valence-electron chi connectivity index (χ2n) is 5.99. The third kappa shape index (κ3) is 5.58. The average Bonchev–Trinajstić information content (AvgIpc) is 2.57. The van der Waals surface area contributed by atoms with Gasteiger partial charge in [-0.2, -0.15) is 0 Å². The van der Waals surface area contributed by atoms with Gasteiger partial charge in [-0.05, 0) is 31.5 Å². The van der Waals surface area contributed by atoms with Crippen molar-refractivity contribution in [2.24, 2.45) is 0 Å². The van der Waals surface area contributed by atoms with Gasteiger partial charge in [0, 0.05) is 13.0 Å². The Balaban J connectivity index is 2.14. The van der Waals surface area contributed by atoms with Crippen molar-refractivity contribution in [3.63, 3.8) is 0 Å². The van der Waals surface area contributed by atoms with Gasteiger partial charge in [-0.15, -0.1) is 0 Å². The second kappa shape index (κ2) is 8.99. The number of anilines is 1. The Bertz CT molecular complexity index is 775. The van der Waals surface area contributed by atoms with E-state index in [2.05, 4.69) is 10.6 Å². The third-order valence-corrected chi connectivity index (χ3v) is 3.76. The summed E-state index contributed by atoms with van der Waals surface area (Å²) in [5.41, 5.74) is 2.32. The summed E-state index contributed by atoms with van der Waals surface area (Å²) in [6.45, 7) is 5.50. The highest BCUT2D eigenvalue weighted by atomic mass is 19.1. The van der Waals surface area contributed by atoms with Crippen LogP contribution >= 0.6 is 0 Å². The summed E-state index contributed by atoms with van der Waals surface area (Å²) in [7, 11) is 0. The number of amides is 2. The molecule has 0 saturated carbocycles. The van der Waals surface area contributed by atoms with E-state index in [1.807, 2.05) is 31.2 Å². The van der Waals surface area contributed by atoms with E-state index in [9.17, 15) is 14.0 Å². The number of carbonyl (C=O) groups excluding carboxylic acids is 2. The number of rotatable bonds is 7. The first-order valence-corrected chi connectivity index (χ1v) is 8.45. The Labute approximate surface area is 152 Å². The molecule has 0 aliphatic carbocycles. The van der Waals surface area contributed by atoms with Gasteiger partial charge >= 0.3 is 0 Å². The molecular formula is C20H23FN2O3. The van der Waals surface area contributed by atoms with E-state index >= 15 is 0 Å². The number of aryl methyl sites for hydroxylation is 1. The molecule has 0 saturated heterocycles. The molecule has 6 heteroatoms. The van der Waals surface area contributed by atoms with Gasteiger partial charge in [0.05, 0.1) is 24.8 Å². The Morgan fingerprint density at radius 3 is 2.46 bits per heavy atom. The summed E-state index contributed by atoms with van der Waals surface area (Å²) in [6, 6.07) is 11.1. The predicted octanol–water partition coefficient (Wildman–Crippen LogP) is 3.74. The zero-order valence-electron chi connectivity index (χ0n) is 15.1. The molecule has 2 rings (SSSR count). The van der Waals surface area contributed by atoms with E-state index in [0.29, 0.717) is 12.3 Å². The fourth-order valence-corrected chi connectivity index (χ4v) is 2.56. The minimum absolute atomic E-state index is 0.0472. The van der Waals surface area contributed by atoms with Gasteiger partial charge in [0.15, 0.2) is 0 Å². The zero-order chi connectivity index (χ0) is 19.1. The van der Waals surface area contributed by atoms with Gasteiger partial charge in [-0.3, -0.25) is 9.59 Å². The van der Waals surface area contributed by atoms with Crippen molar-refractivity contribution in [1.29, 1.82) is 0 Å². The van der Waals surface area contributed by atoms with Gasteiger partial charge in [0.2, 0.25) is 11.8 Å². The van der Waals surface area contributed by atoms with Crippen molar-refractivity contribution in [2.45, 2.75) is 33.2 Å². The fraction of sp³-hybridized carbons (Fsp3) is 0.300. The summed E-state index contributed by atoms with van der Waals surface area (Å²) in [6.07, 6.45) is 0.0472. The molecule has 0 spiro atoms. The maximum absolute atomic E-state index is 13.4. The second-order valence-corrected chi connectivity index (χ2v) is 5.99. The van der Waals surface area contributed by atoms with Crippen LogP contribution in [-0.2, 0) is 9.59 Å². The quantitative estimate of drug-likeness (QED) is 0.792. The molecule has 2 amide bonds. The topological polar surface area (TPSA) is 67.4 Å². The van der Waals surface area contributed by atoms with Crippen LogP contribution in [0.4, 0.5) is 10.1 Å². The van der Waals surface area contributed by atoms with Gasteiger partial charge in [0.1, 0.15) is 11.6 Å². The Morgan fingerprint density at radius 2 is 1.85 bits per heavy atom. The number of halogens is 1. The van der Waals surface area contributed by atoms with Crippen LogP contribution in [-0.4, -0.2) is 18.4 Å². The summed E-state index contributed by atoms with van der Waals surface area (Å²) >= 11 is 0. The van der Waals surface area contributed by atoms with Crippen molar-refractivity contribution >= 4 is 17.5 Å². The van der Waals surface area contributed by atoms with E-state index in [1.165, 1.54) is 25.1 Å². The van der Waals surface area contributed by atoms with Crippen LogP contribution in [0.15, 0.2) is 42.5 Å². The monoisotopic (exact) mass is 358 g/mol. The van der Waals surface area contributed by atoms with Crippen LogP contribution in [0.2, 0.25) is 0 Å². The average molecular weight is 358 g/mol. The molecule has 2 N–H and O–H groups in total. The summed E-state index contributed by atoms with van der Waals surface area (Å²) < 4.78 is 18.7. The first kappa shape index (κ1) is 19.4. The number of carbonyl (C=O) groups is 2. The van der Waals surface area contributed by atoms with E-state index in [-0.39, 0.29) is 24.0 Å². The minimum atomic E-state index is -0.455. The van der Waals surface area contributed by atoms with E-state index in [0.717, 1.165) is 11.1 Å². The Morgan fingerprint density at radius 1 is 1.15 bits per heavy atom. The molecule has 2 aromatic carbocycles. The normalized spacial score (nSPS) is 11.5. The number of ether oxygens (including phenoxy) is 1. The third-order valence-electron chi connectivity index (χ3n) is 3.76. The predicted molar refractivity (Wildman–Crippen MR) is 98.6 cm³/mol. The molecule has 0 aliphatic heterocycles. The van der Waals surface area contributed by atoms with Crippen LogP contribution in [0.1, 0.15) is 37.4 Å². The molecule has 1 atom stereocenters. The molecule has 26 heavy (non-hydrogen) atoms. The van der Waals surface area contributed by atoms with Crippen LogP contribution < -0.4 is 15.4 Å². The van der Waals surface area contributed by atoms with E-state index in [4.69, 9.17) is 4.74 Å². The summed E-state index contributed by atoms with van der Waals surface area (Å²) in [4.78, 5) is 24.0. The zero-order valence-corrected chi connectivity index (χ0v) is 15.1. The SMILES string of the molecule is CCOc1cc(F)ccc1NC(=O)CC(NC(C)=O)c1ccc(C)cc1. The molecule has 0 aromatic heterocycles. The van der Waals surface area contributed by atoms with Crippen molar-refractivity contribution in [3.8, 4) is 5.75 Å². The van der Waals surface area contributed by atoms with Crippen LogP contribution in [0, 0.1) is 12.7 Å². The molecule has 5 nitrogen and oxygen atoms in total. The van der Waals surface area contributed by atoms with Crippen molar-refractivity contribution in [1.82, 2.24) is 5.32 Å². The first-order valence-electron chi connectivity index (χ1n) is 8.45. The van der Waals surface area contributed by atoms with Gasteiger partial charge in [-0.1, -0.05) is 29.8 Å². The highest BCUT2D eigenvalue weighted by Gasteiger charge is 2.18. The van der Waals surface area contributed by atoms with Crippen LogP contribution in [0.3, 0.4) is 0 Å². The largest absolute Gasteiger partial charge is 0.492 e. The molecule has 0 heterocycles. The molecule has 0 radical (unpaired) electrons. The first-order chi connectivity index (χ1) is 12.4. The number of hydrogen-bond donors (Lipinski definition) is 2. The van der Waals surface area contributed by atoms with Crippen molar-refractivity contribution in [2.75, 3.05) is 11.9 Å². The summed E-state index contributed by atoms with van der Waals surface area (Å²) in [5, 5.41) is 5.52. The number of benzene rings is 2. The molecular weight excluding hydrogens is 335 g/mol. The smallest absolute Gasteiger partial charge is 0.226 e. The highest BCUT2D eigenvalue weighted by Crippen LogP contribution is 2.26. The van der Waals surface area contributed by atoms with Gasteiger partial charge in [0.25, 0.3) is 0 Å². The standard InChI is InChI=1S/C20H23FN2O3/c1-4-26-19-11-16(21)9-10-17(19)23-20(25)12-18(22-14(3)24)15-7-5-13(2)6-8-15/h5-11,18H,4,12H2,1-3H3,(H,22,24)(H,23,25).